The third-order valence-electron chi connectivity index (χ3n) is 10.5. The van der Waals surface area contributed by atoms with Crippen LogP contribution in [0.15, 0.2) is 85.2 Å². The first-order chi connectivity index (χ1) is 25.1. The third kappa shape index (κ3) is 12.0. The molecule has 4 nitrogen and oxygen atoms in total. The number of aromatic nitrogens is 2. The second-order valence-electron chi connectivity index (χ2n) is 14.0. The van der Waals surface area contributed by atoms with Gasteiger partial charge in [-0.25, -0.2) is 9.97 Å². The molecule has 51 heavy (non-hydrogen) atoms. The molecule has 2 fully saturated rings. The summed E-state index contributed by atoms with van der Waals surface area (Å²) in [5.74, 6) is 17.6. The van der Waals surface area contributed by atoms with Gasteiger partial charge in [-0.2, -0.15) is 0 Å². The number of rotatable bonds is 9. The van der Waals surface area contributed by atoms with E-state index in [1.165, 1.54) is 75.3 Å². The minimum Gasteiger partial charge on any atom is -0.492 e. The third-order valence-corrected chi connectivity index (χ3v) is 10.5. The second-order valence-corrected chi connectivity index (χ2v) is 14.0. The maximum absolute atomic E-state index is 5.55. The Labute approximate surface area is 307 Å². The molecule has 0 N–H and O–H groups in total. The molecular formula is C47H56N2O2. The summed E-state index contributed by atoms with van der Waals surface area (Å²) in [6.45, 7) is 10.1. The number of nitrogens with zero attached hydrogens (tertiary/aromatic N) is 2. The predicted octanol–water partition coefficient (Wildman–Crippen LogP) is 11.5. The molecule has 2 aliphatic rings. The molecule has 6 rings (SSSR count). The Bertz CT molecular complexity index is 1710. The molecule has 2 aliphatic carbocycles. The number of pyridine rings is 2. The van der Waals surface area contributed by atoms with Crippen LogP contribution in [0.1, 0.15) is 144 Å². The molecule has 266 valence electrons. The maximum atomic E-state index is 5.55. The van der Waals surface area contributed by atoms with Gasteiger partial charge in [0.1, 0.15) is 22.9 Å². The van der Waals surface area contributed by atoms with Gasteiger partial charge in [-0.3, -0.25) is 0 Å². The summed E-state index contributed by atoms with van der Waals surface area (Å²) in [4.78, 5) is 8.67. The van der Waals surface area contributed by atoms with E-state index in [0.29, 0.717) is 6.61 Å². The molecule has 0 unspecified atom stereocenters. The standard InChI is InChI=1S/C24H29NO.C23H27NO/c1-3-17-26-24-16-15-23(25-18-24)14-9-20-7-12-22(13-8-20)21-10-5-19(4-2)6-11-21;1-3-18-5-10-20(11-6-18)21-12-7-19(8-13-21)9-14-22-15-16-23(17-24-22)25-4-2/h7-8,12-13,15-16,18-19,21H,3-6,10-11,17H2,1-2H3;7-8,12-13,15-18,20H,3-6,10-11H2,1-2H3. The predicted molar refractivity (Wildman–Crippen MR) is 210 cm³/mol. The maximum Gasteiger partial charge on any atom is 0.137 e. The van der Waals surface area contributed by atoms with Crippen LogP contribution in [0.5, 0.6) is 11.5 Å². The fourth-order valence-corrected chi connectivity index (χ4v) is 7.22. The normalized spacial score (nSPS) is 19.6. The van der Waals surface area contributed by atoms with E-state index < -0.39 is 0 Å². The zero-order valence-electron chi connectivity index (χ0n) is 31.3. The van der Waals surface area contributed by atoms with Crippen molar-refractivity contribution in [3.8, 4) is 35.2 Å². The second kappa shape index (κ2) is 20.3. The summed E-state index contributed by atoms with van der Waals surface area (Å²) >= 11 is 0. The number of ether oxygens (including phenoxy) is 2. The van der Waals surface area contributed by atoms with Gasteiger partial charge in [0.25, 0.3) is 0 Å². The minimum absolute atomic E-state index is 0.652. The van der Waals surface area contributed by atoms with Crippen LogP contribution in [0.25, 0.3) is 0 Å². The molecule has 2 heterocycles. The van der Waals surface area contributed by atoms with Crippen LogP contribution in [-0.2, 0) is 0 Å². The smallest absolute Gasteiger partial charge is 0.137 e. The molecule has 0 amide bonds. The van der Waals surface area contributed by atoms with Crippen molar-refractivity contribution in [2.75, 3.05) is 13.2 Å². The lowest BCUT2D eigenvalue weighted by atomic mass is 9.78. The zero-order chi connectivity index (χ0) is 35.7. The Morgan fingerprint density at radius 2 is 0.941 bits per heavy atom. The molecule has 0 aliphatic heterocycles. The van der Waals surface area contributed by atoms with Gasteiger partial charge in [-0.1, -0.05) is 69.7 Å². The topological polar surface area (TPSA) is 44.2 Å². The Morgan fingerprint density at radius 1 is 0.510 bits per heavy atom. The summed E-state index contributed by atoms with van der Waals surface area (Å²) in [6.07, 6.45) is 18.0. The first-order valence-corrected chi connectivity index (χ1v) is 19.5. The highest BCUT2D eigenvalue weighted by atomic mass is 16.5. The molecule has 0 atom stereocenters. The highest BCUT2D eigenvalue weighted by Crippen LogP contribution is 2.38. The summed E-state index contributed by atoms with van der Waals surface area (Å²) in [6, 6.07) is 25.3. The molecule has 4 aromatic rings. The van der Waals surface area contributed by atoms with E-state index >= 15 is 0 Å². The van der Waals surface area contributed by atoms with Crippen LogP contribution >= 0.6 is 0 Å². The van der Waals surface area contributed by atoms with E-state index in [9.17, 15) is 0 Å². The van der Waals surface area contributed by atoms with Crippen LogP contribution in [0.4, 0.5) is 0 Å². The summed E-state index contributed by atoms with van der Waals surface area (Å²) in [7, 11) is 0. The molecule has 2 aromatic heterocycles. The van der Waals surface area contributed by atoms with Gasteiger partial charge < -0.3 is 9.47 Å². The molecule has 0 radical (unpaired) electrons. The average Bonchev–Trinajstić information content (AvgIpc) is 3.20. The minimum atomic E-state index is 0.652. The van der Waals surface area contributed by atoms with E-state index in [0.717, 1.165) is 70.7 Å². The number of hydrogen-bond acceptors (Lipinski definition) is 4. The lowest BCUT2D eigenvalue weighted by Gasteiger charge is -2.28. The van der Waals surface area contributed by atoms with Gasteiger partial charge in [-0.15, -0.1) is 0 Å². The zero-order valence-corrected chi connectivity index (χ0v) is 31.3. The molecule has 2 aromatic carbocycles. The van der Waals surface area contributed by atoms with E-state index in [4.69, 9.17) is 9.47 Å². The van der Waals surface area contributed by atoms with Crippen molar-refractivity contribution in [1.29, 1.82) is 0 Å². The molecule has 0 saturated heterocycles. The van der Waals surface area contributed by atoms with E-state index in [1.807, 2.05) is 31.2 Å². The molecule has 0 spiro atoms. The van der Waals surface area contributed by atoms with Gasteiger partial charge in [0, 0.05) is 11.1 Å². The van der Waals surface area contributed by atoms with Gasteiger partial charge in [-0.05, 0) is 160 Å². The van der Waals surface area contributed by atoms with Crippen molar-refractivity contribution in [2.45, 2.75) is 110 Å². The number of benzene rings is 2. The largest absolute Gasteiger partial charge is 0.492 e. The van der Waals surface area contributed by atoms with Crippen LogP contribution in [0.3, 0.4) is 0 Å². The van der Waals surface area contributed by atoms with Crippen LogP contribution in [0.2, 0.25) is 0 Å². The van der Waals surface area contributed by atoms with Gasteiger partial charge >= 0.3 is 0 Å². The van der Waals surface area contributed by atoms with E-state index in [-0.39, 0.29) is 0 Å². The monoisotopic (exact) mass is 680 g/mol. The molecule has 2 saturated carbocycles. The van der Waals surface area contributed by atoms with Crippen LogP contribution in [-0.4, -0.2) is 23.2 Å². The van der Waals surface area contributed by atoms with Crippen molar-refractivity contribution >= 4 is 0 Å². The van der Waals surface area contributed by atoms with Crippen molar-refractivity contribution in [1.82, 2.24) is 9.97 Å². The van der Waals surface area contributed by atoms with E-state index in [2.05, 4.69) is 103 Å². The first-order valence-electron chi connectivity index (χ1n) is 19.5. The van der Waals surface area contributed by atoms with Crippen molar-refractivity contribution < 1.29 is 9.47 Å². The fraction of sp³-hybridized carbons (Fsp3) is 0.447. The van der Waals surface area contributed by atoms with Crippen molar-refractivity contribution in [2.24, 2.45) is 11.8 Å². The summed E-state index contributed by atoms with van der Waals surface area (Å²) in [5.41, 5.74) is 6.58. The highest BCUT2D eigenvalue weighted by Gasteiger charge is 2.22. The van der Waals surface area contributed by atoms with Crippen LogP contribution < -0.4 is 9.47 Å². The van der Waals surface area contributed by atoms with Gasteiger partial charge in [0.15, 0.2) is 0 Å². The summed E-state index contributed by atoms with van der Waals surface area (Å²) in [5, 5.41) is 0. The Hall–Kier alpha value is -4.54. The van der Waals surface area contributed by atoms with E-state index in [1.54, 1.807) is 12.4 Å². The summed E-state index contributed by atoms with van der Waals surface area (Å²) < 4.78 is 10.9. The average molecular weight is 681 g/mol. The fourth-order valence-electron chi connectivity index (χ4n) is 7.22. The van der Waals surface area contributed by atoms with Crippen molar-refractivity contribution in [3.63, 3.8) is 0 Å². The van der Waals surface area contributed by atoms with Crippen molar-refractivity contribution in [3.05, 3.63) is 119 Å². The quantitative estimate of drug-likeness (QED) is 0.165. The molecular weight excluding hydrogens is 625 g/mol. The lowest BCUT2D eigenvalue weighted by molar-refractivity contribution is 0.316. The van der Waals surface area contributed by atoms with Crippen LogP contribution in [0, 0.1) is 35.5 Å². The Kier molecular flexibility index (Phi) is 15.0. The Morgan fingerprint density at radius 3 is 1.29 bits per heavy atom. The van der Waals surface area contributed by atoms with Gasteiger partial charge in [0.2, 0.25) is 0 Å². The number of hydrogen-bond donors (Lipinski definition) is 0. The SMILES string of the molecule is CCCOc1ccc(C#Cc2ccc(C3CCC(CC)CC3)cc2)nc1.CCOc1ccc(C#Cc2ccc(C3CCC(CC)CC3)cc2)nc1. The molecule has 0 bridgehead atoms. The molecule has 4 heteroatoms. The first kappa shape index (κ1) is 37.7. The highest BCUT2D eigenvalue weighted by molar-refractivity contribution is 5.43. The lowest BCUT2D eigenvalue weighted by Crippen LogP contribution is -2.12. The Balaban J connectivity index is 0.000000198. The van der Waals surface area contributed by atoms with Gasteiger partial charge in [0.05, 0.1) is 25.6 Å².